The van der Waals surface area contributed by atoms with Crippen molar-refractivity contribution in [1.29, 1.82) is 0 Å². The molecule has 1 nitrogen and oxygen atoms in total. The molecular formula is C17H35BrOSSi. The zero-order valence-corrected chi connectivity index (χ0v) is 18.4. The van der Waals surface area contributed by atoms with Gasteiger partial charge in [0.15, 0.2) is 0 Å². The molecule has 2 bridgehead atoms. The highest BCUT2D eigenvalue weighted by Crippen LogP contribution is 2.66. The summed E-state index contributed by atoms with van der Waals surface area (Å²) in [6, 6.07) is 1.44. The standard InChI is InChI=1S/C17H35OSSi.BrH/c1-16(2)13-9-10-17(16,3)15(18)14(13)19(4)11-8-12-20(5,6)7;/h13-15,18H,8-12H2,1-7H3;1H/q+1;/p-1/t13-,14-,15-,17+,19?;/m1./s1. The van der Waals surface area contributed by atoms with Gasteiger partial charge in [-0.3, -0.25) is 0 Å². The first-order chi connectivity index (χ1) is 9.01. The SMILES string of the molecule is C[S+](CCC[Si](C)(C)C)[C@@H]1[C@H]2CC[C@@](C)([C@@H]1O)C2(C)C.[Br-]. The normalized spacial score (nSPS) is 39.1. The van der Waals surface area contributed by atoms with Crippen molar-refractivity contribution >= 4 is 19.0 Å². The van der Waals surface area contributed by atoms with Crippen LogP contribution >= 0.6 is 0 Å². The lowest BCUT2D eigenvalue weighted by atomic mass is 9.70. The molecule has 2 fully saturated rings. The van der Waals surface area contributed by atoms with Crippen LogP contribution in [0.25, 0.3) is 0 Å². The molecule has 0 aliphatic heterocycles. The average Bonchev–Trinajstić information content (AvgIpc) is 2.59. The molecule has 2 rings (SSSR count). The summed E-state index contributed by atoms with van der Waals surface area (Å²) in [6.45, 7) is 14.6. The average molecular weight is 396 g/mol. The van der Waals surface area contributed by atoms with Gasteiger partial charge in [-0.1, -0.05) is 46.5 Å². The van der Waals surface area contributed by atoms with Gasteiger partial charge in [0.2, 0.25) is 0 Å². The second-order valence-electron chi connectivity index (χ2n) is 9.25. The first kappa shape index (κ1) is 20.1. The van der Waals surface area contributed by atoms with Crippen molar-refractivity contribution in [3.8, 4) is 0 Å². The highest BCUT2D eigenvalue weighted by atomic mass is 79.9. The van der Waals surface area contributed by atoms with E-state index in [2.05, 4.69) is 46.7 Å². The summed E-state index contributed by atoms with van der Waals surface area (Å²) in [5.74, 6) is 2.09. The maximum atomic E-state index is 10.9. The highest BCUT2D eigenvalue weighted by molar-refractivity contribution is 7.96. The molecule has 126 valence electrons. The molecule has 0 amide bonds. The van der Waals surface area contributed by atoms with Gasteiger partial charge in [-0.25, -0.2) is 0 Å². The molecule has 21 heavy (non-hydrogen) atoms. The van der Waals surface area contributed by atoms with Gasteiger partial charge >= 0.3 is 0 Å². The molecule has 1 N–H and O–H groups in total. The van der Waals surface area contributed by atoms with Crippen molar-refractivity contribution in [2.75, 3.05) is 12.0 Å². The van der Waals surface area contributed by atoms with Gasteiger partial charge in [0.25, 0.3) is 0 Å². The van der Waals surface area contributed by atoms with Gasteiger partial charge in [0.1, 0.15) is 17.1 Å². The van der Waals surface area contributed by atoms with Crippen LogP contribution in [0.3, 0.4) is 0 Å². The van der Waals surface area contributed by atoms with Crippen LogP contribution in [-0.4, -0.2) is 36.5 Å². The van der Waals surface area contributed by atoms with Crippen LogP contribution in [0.5, 0.6) is 0 Å². The number of hydrogen-bond donors (Lipinski definition) is 1. The molecule has 2 saturated carbocycles. The summed E-state index contributed by atoms with van der Waals surface area (Å²) in [5, 5.41) is 11.5. The Hall–Kier alpha value is 1.01. The monoisotopic (exact) mass is 394 g/mol. The molecule has 4 heteroatoms. The van der Waals surface area contributed by atoms with E-state index in [1.54, 1.807) is 0 Å². The third-order valence-corrected chi connectivity index (χ3v) is 10.9. The number of halogens is 1. The van der Waals surface area contributed by atoms with E-state index in [9.17, 15) is 5.11 Å². The van der Waals surface area contributed by atoms with Crippen molar-refractivity contribution in [2.24, 2.45) is 16.7 Å². The molecular weight excluding hydrogens is 360 g/mol. The Morgan fingerprint density at radius 2 is 1.76 bits per heavy atom. The lowest BCUT2D eigenvalue weighted by Gasteiger charge is -2.36. The van der Waals surface area contributed by atoms with Crippen molar-refractivity contribution in [3.05, 3.63) is 0 Å². The summed E-state index contributed by atoms with van der Waals surface area (Å²) < 4.78 is 0. The summed E-state index contributed by atoms with van der Waals surface area (Å²) >= 11 is 0. The number of fused-ring (bicyclic) bond motifs is 2. The Labute approximate surface area is 146 Å². The van der Waals surface area contributed by atoms with Crippen LogP contribution in [-0.2, 0) is 10.9 Å². The molecule has 0 aromatic carbocycles. The molecule has 2 aliphatic carbocycles. The van der Waals surface area contributed by atoms with Crippen LogP contribution in [0.4, 0.5) is 0 Å². The Morgan fingerprint density at radius 3 is 2.19 bits per heavy atom. The third kappa shape index (κ3) is 3.43. The maximum absolute atomic E-state index is 10.9. The lowest BCUT2D eigenvalue weighted by molar-refractivity contribution is -0.0000146. The predicted octanol–water partition coefficient (Wildman–Crippen LogP) is 1.15. The van der Waals surface area contributed by atoms with Crippen LogP contribution in [0.1, 0.15) is 40.0 Å². The fourth-order valence-corrected chi connectivity index (χ4v) is 8.86. The van der Waals surface area contributed by atoms with Gasteiger partial charge in [0, 0.05) is 19.4 Å². The molecule has 0 saturated heterocycles. The van der Waals surface area contributed by atoms with Crippen LogP contribution < -0.4 is 17.0 Å². The van der Waals surface area contributed by atoms with E-state index < -0.39 is 8.07 Å². The zero-order chi connectivity index (χ0) is 15.3. The topological polar surface area (TPSA) is 20.2 Å². The van der Waals surface area contributed by atoms with Crippen LogP contribution in [0.15, 0.2) is 0 Å². The molecule has 0 radical (unpaired) electrons. The largest absolute Gasteiger partial charge is 1.00 e. The summed E-state index contributed by atoms with van der Waals surface area (Å²) in [7, 11) is -0.508. The number of rotatable bonds is 5. The zero-order valence-electron chi connectivity index (χ0n) is 15.0. The Bertz CT molecular complexity index is 368. The molecule has 2 aliphatic rings. The predicted molar refractivity (Wildman–Crippen MR) is 95.3 cm³/mol. The van der Waals surface area contributed by atoms with Crippen molar-refractivity contribution in [1.82, 2.24) is 0 Å². The molecule has 1 unspecified atom stereocenters. The van der Waals surface area contributed by atoms with Gasteiger partial charge < -0.3 is 22.1 Å². The first-order valence-corrected chi connectivity index (χ1v) is 13.9. The smallest absolute Gasteiger partial charge is 0.147 e. The van der Waals surface area contributed by atoms with E-state index in [-0.39, 0.29) is 28.5 Å². The van der Waals surface area contributed by atoms with Gasteiger partial charge in [-0.2, -0.15) is 0 Å². The maximum Gasteiger partial charge on any atom is 0.147 e. The Kier molecular flexibility index (Phi) is 6.19. The summed E-state index contributed by atoms with van der Waals surface area (Å²) in [6.07, 6.45) is 6.32. The van der Waals surface area contributed by atoms with E-state index >= 15 is 0 Å². The minimum Gasteiger partial charge on any atom is -1.00 e. The minimum atomic E-state index is -0.898. The molecule has 0 aromatic heterocycles. The van der Waals surface area contributed by atoms with E-state index in [1.165, 1.54) is 31.1 Å². The summed E-state index contributed by atoms with van der Waals surface area (Å²) in [5.41, 5.74) is 0.499. The number of aliphatic hydroxyl groups is 1. The molecule has 0 aromatic rings. The fourth-order valence-electron chi connectivity index (χ4n) is 4.72. The Morgan fingerprint density at radius 1 is 1.19 bits per heavy atom. The van der Waals surface area contributed by atoms with Crippen molar-refractivity contribution < 1.29 is 22.1 Å². The van der Waals surface area contributed by atoms with E-state index in [0.717, 1.165) is 5.92 Å². The van der Waals surface area contributed by atoms with Gasteiger partial charge in [-0.15, -0.1) is 0 Å². The molecule has 0 heterocycles. The summed E-state index contributed by atoms with van der Waals surface area (Å²) in [4.78, 5) is 0. The lowest BCUT2D eigenvalue weighted by Crippen LogP contribution is -3.00. The number of hydrogen-bond acceptors (Lipinski definition) is 1. The van der Waals surface area contributed by atoms with Crippen LogP contribution in [0, 0.1) is 16.7 Å². The number of aliphatic hydroxyl groups excluding tert-OH is 1. The van der Waals surface area contributed by atoms with E-state index in [4.69, 9.17) is 0 Å². The molecule has 5 atom stereocenters. The van der Waals surface area contributed by atoms with E-state index in [0.29, 0.717) is 21.6 Å². The third-order valence-electron chi connectivity index (χ3n) is 6.59. The fraction of sp³-hybridized carbons (Fsp3) is 1.00. The second-order valence-corrected chi connectivity index (χ2v) is 17.2. The van der Waals surface area contributed by atoms with Crippen LogP contribution in [0.2, 0.25) is 25.7 Å². The first-order valence-electron chi connectivity index (χ1n) is 8.30. The van der Waals surface area contributed by atoms with Crippen molar-refractivity contribution in [2.45, 2.75) is 77.1 Å². The quantitative estimate of drug-likeness (QED) is 0.547. The highest BCUT2D eigenvalue weighted by Gasteiger charge is 2.69. The van der Waals surface area contributed by atoms with E-state index in [1.807, 2.05) is 0 Å². The second kappa shape index (κ2) is 6.49. The minimum absolute atomic E-state index is 0. The molecule has 0 spiro atoms. The van der Waals surface area contributed by atoms with Crippen molar-refractivity contribution in [3.63, 3.8) is 0 Å². The Balaban J connectivity index is 0.00000220. The van der Waals surface area contributed by atoms with Gasteiger partial charge in [0.05, 0.1) is 6.26 Å². The van der Waals surface area contributed by atoms with Gasteiger partial charge in [-0.05, 0) is 35.6 Å².